The largest absolute Gasteiger partial charge is 0.370 e. The summed E-state index contributed by atoms with van der Waals surface area (Å²) in [6.07, 6.45) is 16.7. The molecule has 0 radical (unpaired) electrons. The van der Waals surface area contributed by atoms with Crippen LogP contribution in [0.3, 0.4) is 0 Å². The van der Waals surface area contributed by atoms with Crippen molar-refractivity contribution in [3.05, 3.63) is 59.9 Å². The number of allylic oxidation sites excluding steroid dienone is 1. The average molecular weight is 412 g/mol. The lowest BCUT2D eigenvalue weighted by atomic mass is 10.1. The SMILES string of the molecule is C=C(/C=c1/c(-c2cc3c(N4CCCCC4)cncc3[nH]2)n[nH]/c1=C/C)c1cnccn1. The highest BCUT2D eigenvalue weighted by Gasteiger charge is 2.17. The van der Waals surface area contributed by atoms with E-state index in [9.17, 15) is 0 Å². The monoisotopic (exact) mass is 411 g/mol. The van der Waals surface area contributed by atoms with Crippen molar-refractivity contribution in [3.63, 3.8) is 0 Å². The Balaban J connectivity index is 1.62. The first kappa shape index (κ1) is 19.2. The molecule has 1 fully saturated rings. The summed E-state index contributed by atoms with van der Waals surface area (Å²) in [7, 11) is 0. The van der Waals surface area contributed by atoms with Gasteiger partial charge in [0.05, 0.1) is 46.5 Å². The number of H-pyrrole nitrogens is 2. The average Bonchev–Trinajstić information content (AvgIpc) is 3.43. The van der Waals surface area contributed by atoms with Crippen LogP contribution in [0.5, 0.6) is 0 Å². The summed E-state index contributed by atoms with van der Waals surface area (Å²) in [6.45, 7) is 8.33. The van der Waals surface area contributed by atoms with Crippen molar-refractivity contribution < 1.29 is 0 Å². The molecular formula is C24H25N7. The van der Waals surface area contributed by atoms with Crippen LogP contribution in [0.15, 0.2) is 43.6 Å². The van der Waals surface area contributed by atoms with Gasteiger partial charge in [0.15, 0.2) is 0 Å². The lowest BCUT2D eigenvalue weighted by molar-refractivity contribution is 0.578. The second-order valence-corrected chi connectivity index (χ2v) is 7.80. The van der Waals surface area contributed by atoms with Crippen molar-refractivity contribution >= 4 is 34.3 Å². The summed E-state index contributed by atoms with van der Waals surface area (Å²) in [6, 6.07) is 2.18. The Morgan fingerprint density at radius 1 is 1.10 bits per heavy atom. The van der Waals surface area contributed by atoms with Crippen LogP contribution >= 0.6 is 0 Å². The quantitative estimate of drug-likeness (QED) is 0.539. The van der Waals surface area contributed by atoms with Crippen molar-refractivity contribution in [1.82, 2.24) is 30.1 Å². The number of aromatic nitrogens is 6. The van der Waals surface area contributed by atoms with Gasteiger partial charge in [-0.3, -0.25) is 20.1 Å². The van der Waals surface area contributed by atoms with Crippen LogP contribution in [-0.4, -0.2) is 43.2 Å². The van der Waals surface area contributed by atoms with Crippen LogP contribution in [0.2, 0.25) is 0 Å². The van der Waals surface area contributed by atoms with Gasteiger partial charge in [-0.15, -0.1) is 0 Å². The van der Waals surface area contributed by atoms with E-state index in [0.29, 0.717) is 0 Å². The number of pyridine rings is 1. The fourth-order valence-corrected chi connectivity index (χ4v) is 4.20. The first-order valence-electron chi connectivity index (χ1n) is 10.6. The number of hydrogen-bond acceptors (Lipinski definition) is 5. The zero-order valence-corrected chi connectivity index (χ0v) is 17.6. The Morgan fingerprint density at radius 2 is 1.97 bits per heavy atom. The van der Waals surface area contributed by atoms with Gasteiger partial charge in [-0.05, 0) is 43.9 Å². The maximum absolute atomic E-state index is 4.61. The van der Waals surface area contributed by atoms with Crippen LogP contribution in [0, 0.1) is 0 Å². The number of hydrogen-bond donors (Lipinski definition) is 2. The lowest BCUT2D eigenvalue weighted by Crippen LogP contribution is -2.29. The van der Waals surface area contributed by atoms with E-state index in [-0.39, 0.29) is 0 Å². The van der Waals surface area contributed by atoms with E-state index in [2.05, 4.69) is 47.7 Å². The Bertz CT molecular complexity index is 1340. The molecule has 156 valence electrons. The highest BCUT2D eigenvalue weighted by Crippen LogP contribution is 2.30. The topological polar surface area (TPSA) is 86.4 Å². The third-order valence-corrected chi connectivity index (χ3v) is 5.81. The molecule has 31 heavy (non-hydrogen) atoms. The third-order valence-electron chi connectivity index (χ3n) is 5.81. The van der Waals surface area contributed by atoms with Gasteiger partial charge in [-0.1, -0.05) is 12.7 Å². The highest BCUT2D eigenvalue weighted by molar-refractivity contribution is 5.95. The number of nitrogens with zero attached hydrogens (tertiary/aromatic N) is 5. The van der Waals surface area contributed by atoms with Crippen molar-refractivity contribution in [3.8, 4) is 11.4 Å². The molecule has 0 bridgehead atoms. The normalized spacial score (nSPS) is 15.7. The predicted octanol–water partition coefficient (Wildman–Crippen LogP) is 3.03. The van der Waals surface area contributed by atoms with Gasteiger partial charge in [-0.2, -0.15) is 5.10 Å². The Morgan fingerprint density at radius 3 is 2.74 bits per heavy atom. The molecule has 0 unspecified atom stereocenters. The fraction of sp³-hybridized carbons (Fsp3) is 0.250. The molecule has 1 aliphatic heterocycles. The van der Waals surface area contributed by atoms with E-state index < -0.39 is 0 Å². The molecule has 5 heterocycles. The Hall–Kier alpha value is -3.74. The van der Waals surface area contributed by atoms with E-state index in [1.54, 1.807) is 18.6 Å². The van der Waals surface area contributed by atoms with Gasteiger partial charge in [0.25, 0.3) is 0 Å². The molecular weight excluding hydrogens is 386 g/mol. The molecule has 0 amide bonds. The summed E-state index contributed by atoms with van der Waals surface area (Å²) in [5.41, 5.74) is 5.52. The van der Waals surface area contributed by atoms with E-state index in [0.717, 1.165) is 51.8 Å². The fourth-order valence-electron chi connectivity index (χ4n) is 4.20. The number of piperidine rings is 1. The molecule has 0 aromatic carbocycles. The molecule has 4 aromatic rings. The standard InChI is InChI=1S/C24H25N7/c1-3-19-18(11-16(2)21-13-25-7-8-27-21)24(30-29-19)20-12-17-22(28-20)14-26-15-23(17)31-9-5-4-6-10-31/h3,7-8,11-15,28-29H,2,4-6,9-10H2,1H3/b18-11+,19-3+. The van der Waals surface area contributed by atoms with Crippen LogP contribution in [0.25, 0.3) is 40.0 Å². The van der Waals surface area contributed by atoms with Crippen molar-refractivity contribution in [2.75, 3.05) is 18.0 Å². The number of fused-ring (bicyclic) bond motifs is 1. The Kier molecular flexibility index (Phi) is 5.08. The van der Waals surface area contributed by atoms with E-state index in [1.807, 2.05) is 31.5 Å². The molecule has 1 aliphatic rings. The summed E-state index contributed by atoms with van der Waals surface area (Å²) >= 11 is 0. The second-order valence-electron chi connectivity index (χ2n) is 7.80. The zero-order chi connectivity index (χ0) is 21.2. The maximum Gasteiger partial charge on any atom is 0.116 e. The zero-order valence-electron chi connectivity index (χ0n) is 17.6. The molecule has 0 spiro atoms. The molecule has 1 saturated heterocycles. The van der Waals surface area contributed by atoms with Gasteiger partial charge >= 0.3 is 0 Å². The number of aromatic amines is 2. The van der Waals surface area contributed by atoms with E-state index in [4.69, 9.17) is 0 Å². The summed E-state index contributed by atoms with van der Waals surface area (Å²) < 4.78 is 0. The van der Waals surface area contributed by atoms with Crippen LogP contribution < -0.4 is 15.5 Å². The highest BCUT2D eigenvalue weighted by atomic mass is 15.1. The molecule has 0 aliphatic carbocycles. The molecule has 5 rings (SSSR count). The summed E-state index contributed by atoms with van der Waals surface area (Å²) in [5, 5.41) is 10.8. The molecule has 0 saturated carbocycles. The minimum atomic E-state index is 0.741. The van der Waals surface area contributed by atoms with Crippen molar-refractivity contribution in [2.24, 2.45) is 0 Å². The molecule has 7 heteroatoms. The maximum atomic E-state index is 4.61. The van der Waals surface area contributed by atoms with E-state index >= 15 is 0 Å². The molecule has 4 aromatic heterocycles. The third kappa shape index (κ3) is 3.63. The van der Waals surface area contributed by atoms with Crippen LogP contribution in [-0.2, 0) is 0 Å². The minimum Gasteiger partial charge on any atom is -0.370 e. The van der Waals surface area contributed by atoms with Crippen molar-refractivity contribution in [1.29, 1.82) is 0 Å². The number of nitrogens with one attached hydrogen (secondary N) is 2. The number of anilines is 1. The lowest BCUT2D eigenvalue weighted by Gasteiger charge is -2.28. The number of rotatable bonds is 4. The smallest absolute Gasteiger partial charge is 0.116 e. The van der Waals surface area contributed by atoms with Crippen LogP contribution in [0.4, 0.5) is 5.69 Å². The first-order chi connectivity index (χ1) is 15.2. The molecule has 0 atom stereocenters. The van der Waals surface area contributed by atoms with E-state index in [1.165, 1.54) is 30.3 Å². The first-order valence-corrected chi connectivity index (χ1v) is 10.6. The van der Waals surface area contributed by atoms with Gasteiger partial charge in [0.2, 0.25) is 0 Å². The summed E-state index contributed by atoms with van der Waals surface area (Å²) in [5.74, 6) is 0. The van der Waals surface area contributed by atoms with Gasteiger partial charge in [-0.25, -0.2) is 0 Å². The van der Waals surface area contributed by atoms with Gasteiger partial charge < -0.3 is 9.88 Å². The Labute approximate surface area is 180 Å². The van der Waals surface area contributed by atoms with Gasteiger partial charge in [0, 0.05) is 36.1 Å². The molecule has 7 nitrogen and oxygen atoms in total. The molecule has 2 N–H and O–H groups in total. The second kappa shape index (κ2) is 8.18. The van der Waals surface area contributed by atoms with Gasteiger partial charge in [0.1, 0.15) is 5.69 Å². The summed E-state index contributed by atoms with van der Waals surface area (Å²) in [4.78, 5) is 18.9. The predicted molar refractivity (Wildman–Crippen MR) is 125 cm³/mol. The van der Waals surface area contributed by atoms with Crippen molar-refractivity contribution in [2.45, 2.75) is 26.2 Å². The minimum absolute atomic E-state index is 0.741. The van der Waals surface area contributed by atoms with Crippen LogP contribution in [0.1, 0.15) is 31.9 Å².